The van der Waals surface area contributed by atoms with Gasteiger partial charge >= 0.3 is 18.0 Å². The minimum atomic E-state index is -5.08. The molecule has 0 aliphatic rings. The third kappa shape index (κ3) is 4.25. The topological polar surface area (TPSA) is 103 Å². The number of pyridine rings is 1. The molecule has 0 unspecified atom stereocenters. The van der Waals surface area contributed by atoms with Crippen LogP contribution in [0, 0.1) is 10.1 Å². The van der Waals surface area contributed by atoms with E-state index in [1.807, 2.05) is 0 Å². The molecule has 0 saturated heterocycles. The van der Waals surface area contributed by atoms with E-state index in [9.17, 15) is 28.1 Å². The summed E-state index contributed by atoms with van der Waals surface area (Å²) in [4.78, 5) is 23.2. The van der Waals surface area contributed by atoms with Crippen LogP contribution >= 0.6 is 11.6 Å². The second kappa shape index (κ2) is 5.26. The molecule has 104 valence electrons. The van der Waals surface area contributed by atoms with Gasteiger partial charge in [-0.2, -0.15) is 0 Å². The summed E-state index contributed by atoms with van der Waals surface area (Å²) in [5, 5.41) is 18.5. The molecule has 1 N–H and O–H groups in total. The van der Waals surface area contributed by atoms with Gasteiger partial charge in [-0.15, -0.1) is 13.2 Å². The van der Waals surface area contributed by atoms with Gasteiger partial charge in [-0.05, 0) is 0 Å². The van der Waals surface area contributed by atoms with E-state index in [2.05, 4.69) is 9.72 Å². The summed E-state index contributed by atoms with van der Waals surface area (Å²) in [5.41, 5.74) is -1.61. The van der Waals surface area contributed by atoms with Crippen LogP contribution in [0.1, 0.15) is 5.69 Å². The molecular weight excluding hydrogens is 297 g/mol. The van der Waals surface area contributed by atoms with Gasteiger partial charge in [0.25, 0.3) is 0 Å². The highest BCUT2D eigenvalue weighted by atomic mass is 35.5. The van der Waals surface area contributed by atoms with Crippen LogP contribution in [0.4, 0.5) is 18.9 Å². The van der Waals surface area contributed by atoms with Gasteiger partial charge in [0, 0.05) is 6.07 Å². The molecule has 0 spiro atoms. The molecule has 0 radical (unpaired) electrons. The van der Waals surface area contributed by atoms with E-state index >= 15 is 0 Å². The zero-order chi connectivity index (χ0) is 14.8. The lowest BCUT2D eigenvalue weighted by atomic mass is 10.2. The third-order valence-electron chi connectivity index (χ3n) is 1.72. The maximum atomic E-state index is 12.0. The number of halogens is 4. The van der Waals surface area contributed by atoms with Crippen molar-refractivity contribution in [2.24, 2.45) is 0 Å². The second-order valence-corrected chi connectivity index (χ2v) is 3.52. The highest BCUT2D eigenvalue weighted by molar-refractivity contribution is 6.32. The SMILES string of the molecule is O=C(O)Cc1nc(OC(F)(F)F)cc(Cl)c1[N+](=O)[O-]. The average molecular weight is 301 g/mol. The first-order valence-electron chi connectivity index (χ1n) is 4.41. The number of aliphatic carboxylic acids is 1. The number of alkyl halides is 3. The number of carboxylic acids is 1. The predicted molar refractivity (Wildman–Crippen MR) is 53.9 cm³/mol. The molecule has 1 heterocycles. The van der Waals surface area contributed by atoms with Crippen LogP contribution in [-0.4, -0.2) is 27.3 Å². The molecule has 0 fully saturated rings. The molecule has 0 aliphatic carbocycles. The molecular formula is C8H4ClF3N2O5. The first-order valence-corrected chi connectivity index (χ1v) is 4.79. The Balaban J connectivity index is 3.30. The number of carboxylic acid groups (broad SMARTS) is 1. The maximum absolute atomic E-state index is 12.0. The van der Waals surface area contributed by atoms with Crippen molar-refractivity contribution < 1.29 is 32.7 Å². The van der Waals surface area contributed by atoms with Crippen molar-refractivity contribution in [1.82, 2.24) is 4.98 Å². The van der Waals surface area contributed by atoms with Crippen molar-refractivity contribution in [2.45, 2.75) is 12.8 Å². The first kappa shape index (κ1) is 15.0. The highest BCUT2D eigenvalue weighted by Gasteiger charge is 2.33. The Hall–Kier alpha value is -2.10. The molecule has 19 heavy (non-hydrogen) atoms. The van der Waals surface area contributed by atoms with Gasteiger partial charge in [0.05, 0.1) is 11.3 Å². The smallest absolute Gasteiger partial charge is 0.481 e. The summed E-state index contributed by atoms with van der Waals surface area (Å²) >= 11 is 5.42. The number of rotatable bonds is 4. The Morgan fingerprint density at radius 2 is 2.16 bits per heavy atom. The number of carbonyl (C=O) groups is 1. The summed E-state index contributed by atoms with van der Waals surface area (Å²) in [6, 6.07) is 0.485. The van der Waals surface area contributed by atoms with Crippen molar-refractivity contribution in [2.75, 3.05) is 0 Å². The number of nitro groups is 1. The van der Waals surface area contributed by atoms with Gasteiger partial charge < -0.3 is 9.84 Å². The third-order valence-corrected chi connectivity index (χ3v) is 2.00. The summed E-state index contributed by atoms with van der Waals surface area (Å²) < 4.78 is 39.3. The Labute approximate surface area is 107 Å². The minimum absolute atomic E-state index is 0.485. The Kier molecular flexibility index (Phi) is 4.14. The van der Waals surface area contributed by atoms with Gasteiger partial charge in [0.15, 0.2) is 0 Å². The zero-order valence-corrected chi connectivity index (χ0v) is 9.53. The molecule has 0 atom stereocenters. The molecule has 0 aliphatic heterocycles. The summed E-state index contributed by atoms with van der Waals surface area (Å²) in [5.74, 6) is -2.59. The Morgan fingerprint density at radius 3 is 2.58 bits per heavy atom. The van der Waals surface area contributed by atoms with Crippen LogP contribution in [0.2, 0.25) is 5.02 Å². The molecule has 0 amide bonds. The highest BCUT2D eigenvalue weighted by Crippen LogP contribution is 2.32. The molecule has 0 saturated carbocycles. The first-order chi connectivity index (χ1) is 8.60. The Bertz CT molecular complexity index is 534. The molecule has 1 aromatic rings. The van der Waals surface area contributed by atoms with Crippen LogP contribution in [0.3, 0.4) is 0 Å². The van der Waals surface area contributed by atoms with Gasteiger partial charge in [-0.25, -0.2) is 4.98 Å². The fourth-order valence-corrected chi connectivity index (χ4v) is 1.43. The summed E-state index contributed by atoms with van der Waals surface area (Å²) in [6.45, 7) is 0. The van der Waals surface area contributed by atoms with Crippen LogP contribution in [0.5, 0.6) is 5.88 Å². The van der Waals surface area contributed by atoms with Crippen molar-refractivity contribution in [1.29, 1.82) is 0 Å². The molecule has 1 rings (SSSR count). The van der Waals surface area contributed by atoms with Crippen LogP contribution in [0.15, 0.2) is 6.07 Å². The van der Waals surface area contributed by atoms with E-state index in [4.69, 9.17) is 16.7 Å². The van der Waals surface area contributed by atoms with E-state index in [-0.39, 0.29) is 0 Å². The second-order valence-electron chi connectivity index (χ2n) is 3.11. The van der Waals surface area contributed by atoms with E-state index in [1.165, 1.54) is 0 Å². The Morgan fingerprint density at radius 1 is 1.58 bits per heavy atom. The number of hydrogen-bond donors (Lipinski definition) is 1. The van der Waals surface area contributed by atoms with E-state index in [0.717, 1.165) is 0 Å². The number of aromatic nitrogens is 1. The zero-order valence-electron chi connectivity index (χ0n) is 8.77. The van der Waals surface area contributed by atoms with Crippen molar-refractivity contribution in [3.05, 3.63) is 26.9 Å². The maximum Gasteiger partial charge on any atom is 0.574 e. The summed E-state index contributed by atoms with van der Waals surface area (Å²) in [7, 11) is 0. The molecule has 0 bridgehead atoms. The van der Waals surface area contributed by atoms with Crippen molar-refractivity contribution in [3.63, 3.8) is 0 Å². The van der Waals surface area contributed by atoms with E-state index in [1.54, 1.807) is 0 Å². The van der Waals surface area contributed by atoms with Crippen LogP contribution < -0.4 is 4.74 Å². The quantitative estimate of drug-likeness (QED) is 0.675. The van der Waals surface area contributed by atoms with E-state index < -0.39 is 46.0 Å². The lowest BCUT2D eigenvalue weighted by Crippen LogP contribution is -2.19. The molecule has 0 aromatic carbocycles. The van der Waals surface area contributed by atoms with Gasteiger partial charge in [-0.3, -0.25) is 14.9 Å². The monoisotopic (exact) mass is 300 g/mol. The van der Waals surface area contributed by atoms with E-state index in [0.29, 0.717) is 6.07 Å². The number of ether oxygens (including phenoxy) is 1. The van der Waals surface area contributed by atoms with Gasteiger partial charge in [0.2, 0.25) is 5.88 Å². The molecule has 1 aromatic heterocycles. The number of nitrogens with zero attached hydrogens (tertiary/aromatic N) is 2. The van der Waals surface area contributed by atoms with Crippen LogP contribution in [-0.2, 0) is 11.2 Å². The van der Waals surface area contributed by atoms with Gasteiger partial charge in [-0.1, -0.05) is 11.6 Å². The van der Waals surface area contributed by atoms with Gasteiger partial charge in [0.1, 0.15) is 10.7 Å². The largest absolute Gasteiger partial charge is 0.574 e. The molecule has 11 heteroatoms. The fraction of sp³-hybridized carbons (Fsp3) is 0.250. The van der Waals surface area contributed by atoms with Crippen molar-refractivity contribution in [3.8, 4) is 5.88 Å². The number of hydrogen-bond acceptors (Lipinski definition) is 5. The fourth-order valence-electron chi connectivity index (χ4n) is 1.16. The summed E-state index contributed by atoms with van der Waals surface area (Å²) in [6.07, 6.45) is -6.04. The lowest BCUT2D eigenvalue weighted by molar-refractivity contribution is -0.385. The minimum Gasteiger partial charge on any atom is -0.481 e. The van der Waals surface area contributed by atoms with Crippen LogP contribution in [0.25, 0.3) is 0 Å². The normalized spacial score (nSPS) is 11.2. The molecule has 7 nitrogen and oxygen atoms in total. The van der Waals surface area contributed by atoms with Crippen molar-refractivity contribution >= 4 is 23.3 Å². The average Bonchev–Trinajstić information content (AvgIpc) is 2.10. The lowest BCUT2D eigenvalue weighted by Gasteiger charge is -2.09. The standard InChI is InChI=1S/C8H4ClF3N2O5/c9-3-1-5(19-8(10,11)12)13-4(2-6(15)16)7(3)14(17)18/h1H,2H2,(H,15,16). The predicted octanol–water partition coefficient (Wildman–Crippen LogP) is 2.17.